The van der Waals surface area contributed by atoms with Crippen LogP contribution in [0.3, 0.4) is 0 Å². The molecule has 136 valence electrons. The van der Waals surface area contributed by atoms with Crippen LogP contribution in [0.15, 0.2) is 48.5 Å². The molecule has 2 aromatic rings. The molecule has 2 aromatic carbocycles. The lowest BCUT2D eigenvalue weighted by atomic mass is 9.92. The Morgan fingerprint density at radius 3 is 2.46 bits per heavy atom. The second-order valence-corrected chi connectivity index (χ2v) is 6.41. The molecule has 3 amide bonds. The molecular formula is C20H22N2O4. The van der Waals surface area contributed by atoms with E-state index < -0.39 is 11.6 Å². The SMILES string of the molecule is COc1ccc([C@@]2(C)NC(=O)N(CCOc3cccc(C)c3)C2=O)cc1. The summed E-state index contributed by atoms with van der Waals surface area (Å²) in [5.74, 6) is 1.12. The number of ether oxygens (including phenoxy) is 2. The smallest absolute Gasteiger partial charge is 0.325 e. The summed E-state index contributed by atoms with van der Waals surface area (Å²) in [5.41, 5.74) is 0.704. The Morgan fingerprint density at radius 2 is 1.81 bits per heavy atom. The lowest BCUT2D eigenvalue weighted by Gasteiger charge is -2.22. The fourth-order valence-electron chi connectivity index (χ4n) is 2.98. The number of aryl methyl sites for hydroxylation is 1. The summed E-state index contributed by atoms with van der Waals surface area (Å²) in [4.78, 5) is 26.3. The highest BCUT2D eigenvalue weighted by Gasteiger charge is 2.48. The second kappa shape index (κ2) is 7.07. The second-order valence-electron chi connectivity index (χ2n) is 6.41. The Labute approximate surface area is 152 Å². The van der Waals surface area contributed by atoms with Crippen LogP contribution in [0.1, 0.15) is 18.1 Å². The molecule has 6 nitrogen and oxygen atoms in total. The average Bonchev–Trinajstić information content (AvgIpc) is 2.86. The third-order valence-electron chi connectivity index (χ3n) is 4.52. The molecule has 1 fully saturated rings. The van der Waals surface area contributed by atoms with Gasteiger partial charge in [0, 0.05) is 0 Å². The van der Waals surface area contributed by atoms with Crippen LogP contribution in [-0.2, 0) is 10.3 Å². The van der Waals surface area contributed by atoms with Gasteiger partial charge in [-0.25, -0.2) is 4.79 Å². The van der Waals surface area contributed by atoms with Crippen molar-refractivity contribution in [1.82, 2.24) is 10.2 Å². The van der Waals surface area contributed by atoms with E-state index in [1.165, 1.54) is 4.90 Å². The van der Waals surface area contributed by atoms with E-state index in [2.05, 4.69) is 5.32 Å². The van der Waals surface area contributed by atoms with Gasteiger partial charge in [0.25, 0.3) is 5.91 Å². The summed E-state index contributed by atoms with van der Waals surface area (Å²) in [6.45, 7) is 4.10. The lowest BCUT2D eigenvalue weighted by Crippen LogP contribution is -2.41. The molecule has 1 heterocycles. The third-order valence-corrected chi connectivity index (χ3v) is 4.52. The summed E-state index contributed by atoms with van der Waals surface area (Å²) >= 11 is 0. The van der Waals surface area contributed by atoms with Gasteiger partial charge in [0.1, 0.15) is 23.6 Å². The number of hydrogen-bond acceptors (Lipinski definition) is 4. The zero-order valence-corrected chi connectivity index (χ0v) is 15.1. The summed E-state index contributed by atoms with van der Waals surface area (Å²) in [6, 6.07) is 14.3. The molecule has 26 heavy (non-hydrogen) atoms. The highest BCUT2D eigenvalue weighted by Crippen LogP contribution is 2.29. The summed E-state index contributed by atoms with van der Waals surface area (Å²) in [6.07, 6.45) is 0. The number of methoxy groups -OCH3 is 1. The first-order chi connectivity index (χ1) is 12.4. The van der Waals surface area contributed by atoms with Crippen molar-refractivity contribution in [3.05, 3.63) is 59.7 Å². The molecule has 0 saturated carbocycles. The van der Waals surface area contributed by atoms with Crippen LogP contribution >= 0.6 is 0 Å². The number of carbonyl (C=O) groups excluding carboxylic acids is 2. The van der Waals surface area contributed by atoms with Crippen LogP contribution in [0.5, 0.6) is 11.5 Å². The van der Waals surface area contributed by atoms with E-state index >= 15 is 0 Å². The van der Waals surface area contributed by atoms with Crippen molar-refractivity contribution in [1.29, 1.82) is 0 Å². The van der Waals surface area contributed by atoms with Crippen molar-refractivity contribution in [2.24, 2.45) is 0 Å². The molecular weight excluding hydrogens is 332 g/mol. The zero-order valence-electron chi connectivity index (χ0n) is 15.1. The monoisotopic (exact) mass is 354 g/mol. The molecule has 3 rings (SSSR count). The summed E-state index contributed by atoms with van der Waals surface area (Å²) in [7, 11) is 1.58. The van der Waals surface area contributed by atoms with Gasteiger partial charge in [-0.05, 0) is 49.2 Å². The minimum Gasteiger partial charge on any atom is -0.497 e. The van der Waals surface area contributed by atoms with Gasteiger partial charge >= 0.3 is 6.03 Å². The standard InChI is InChI=1S/C20H22N2O4/c1-14-5-4-6-17(13-14)26-12-11-22-18(23)20(2,21-19(22)24)15-7-9-16(25-3)10-8-15/h4-10,13H,11-12H2,1-3H3,(H,21,24)/t20-/m1/s1. The minimum atomic E-state index is -1.09. The van der Waals surface area contributed by atoms with Gasteiger partial charge in [-0.2, -0.15) is 0 Å². The molecule has 1 saturated heterocycles. The number of amides is 3. The predicted molar refractivity (Wildman–Crippen MR) is 97.3 cm³/mol. The molecule has 6 heteroatoms. The number of nitrogens with zero attached hydrogens (tertiary/aromatic N) is 1. The normalized spacial score (nSPS) is 19.4. The topological polar surface area (TPSA) is 67.9 Å². The van der Waals surface area contributed by atoms with Crippen LogP contribution < -0.4 is 14.8 Å². The summed E-state index contributed by atoms with van der Waals surface area (Å²) in [5, 5.41) is 2.78. The molecule has 0 radical (unpaired) electrons. The van der Waals surface area contributed by atoms with Crippen molar-refractivity contribution in [3.63, 3.8) is 0 Å². The van der Waals surface area contributed by atoms with Crippen molar-refractivity contribution in [2.75, 3.05) is 20.3 Å². The molecule has 0 unspecified atom stereocenters. The van der Waals surface area contributed by atoms with Crippen LogP contribution in [-0.4, -0.2) is 37.1 Å². The Balaban J connectivity index is 1.67. The van der Waals surface area contributed by atoms with Crippen molar-refractivity contribution in [2.45, 2.75) is 19.4 Å². The van der Waals surface area contributed by atoms with E-state index in [9.17, 15) is 9.59 Å². The van der Waals surface area contributed by atoms with Gasteiger partial charge in [-0.1, -0.05) is 24.3 Å². The first-order valence-corrected chi connectivity index (χ1v) is 8.42. The Bertz CT molecular complexity index is 819. The largest absolute Gasteiger partial charge is 0.497 e. The Morgan fingerprint density at radius 1 is 1.08 bits per heavy atom. The predicted octanol–water partition coefficient (Wildman–Crippen LogP) is 2.85. The zero-order chi connectivity index (χ0) is 18.7. The van der Waals surface area contributed by atoms with E-state index in [0.29, 0.717) is 11.3 Å². The molecule has 0 aromatic heterocycles. The number of rotatable bonds is 6. The van der Waals surface area contributed by atoms with Gasteiger partial charge in [-0.15, -0.1) is 0 Å². The molecule has 0 aliphatic carbocycles. The van der Waals surface area contributed by atoms with Gasteiger partial charge in [0.05, 0.1) is 13.7 Å². The molecule has 0 bridgehead atoms. The number of nitrogens with one attached hydrogen (secondary N) is 1. The average molecular weight is 354 g/mol. The molecule has 1 atom stereocenters. The van der Waals surface area contributed by atoms with Crippen LogP contribution in [0.25, 0.3) is 0 Å². The van der Waals surface area contributed by atoms with Crippen molar-refractivity contribution in [3.8, 4) is 11.5 Å². The van der Waals surface area contributed by atoms with E-state index in [-0.39, 0.29) is 19.1 Å². The Kier molecular flexibility index (Phi) is 4.84. The van der Waals surface area contributed by atoms with E-state index in [4.69, 9.17) is 9.47 Å². The van der Waals surface area contributed by atoms with E-state index in [0.717, 1.165) is 11.3 Å². The molecule has 1 aliphatic heterocycles. The van der Waals surface area contributed by atoms with Gasteiger partial charge in [0.15, 0.2) is 0 Å². The maximum atomic E-state index is 12.8. The van der Waals surface area contributed by atoms with Crippen LogP contribution in [0.2, 0.25) is 0 Å². The highest BCUT2D eigenvalue weighted by atomic mass is 16.5. The fraction of sp³-hybridized carbons (Fsp3) is 0.300. The van der Waals surface area contributed by atoms with E-state index in [1.807, 2.05) is 31.2 Å². The fourth-order valence-corrected chi connectivity index (χ4v) is 2.98. The number of urea groups is 1. The van der Waals surface area contributed by atoms with Gasteiger partial charge in [0.2, 0.25) is 0 Å². The van der Waals surface area contributed by atoms with Crippen LogP contribution in [0.4, 0.5) is 4.79 Å². The number of carbonyl (C=O) groups is 2. The van der Waals surface area contributed by atoms with Gasteiger partial charge in [-0.3, -0.25) is 9.69 Å². The Hall–Kier alpha value is -3.02. The van der Waals surface area contributed by atoms with E-state index in [1.54, 1.807) is 38.3 Å². The number of benzene rings is 2. The molecule has 1 N–H and O–H groups in total. The first kappa shape index (κ1) is 17.8. The van der Waals surface area contributed by atoms with Gasteiger partial charge < -0.3 is 14.8 Å². The lowest BCUT2D eigenvalue weighted by molar-refractivity contribution is -0.131. The maximum absolute atomic E-state index is 12.8. The van der Waals surface area contributed by atoms with Crippen molar-refractivity contribution < 1.29 is 19.1 Å². The number of imide groups is 1. The quantitative estimate of drug-likeness (QED) is 0.810. The first-order valence-electron chi connectivity index (χ1n) is 8.42. The summed E-state index contributed by atoms with van der Waals surface area (Å²) < 4.78 is 10.8. The minimum absolute atomic E-state index is 0.185. The third kappa shape index (κ3) is 3.35. The molecule has 0 spiro atoms. The number of hydrogen-bond donors (Lipinski definition) is 1. The van der Waals surface area contributed by atoms with Crippen LogP contribution in [0, 0.1) is 6.92 Å². The van der Waals surface area contributed by atoms with Crippen molar-refractivity contribution >= 4 is 11.9 Å². The molecule has 1 aliphatic rings. The highest BCUT2D eigenvalue weighted by molar-refractivity contribution is 6.07. The maximum Gasteiger partial charge on any atom is 0.325 e.